The van der Waals surface area contributed by atoms with Crippen LogP contribution in [0.4, 0.5) is 0 Å². The number of hydrogen-bond donors (Lipinski definition) is 0. The molecule has 0 N–H and O–H groups in total. The summed E-state index contributed by atoms with van der Waals surface area (Å²) in [5.41, 5.74) is 6.07. The molecule has 3 rings (SSSR count). The van der Waals surface area contributed by atoms with Gasteiger partial charge in [-0.05, 0) is 52.6 Å². The lowest BCUT2D eigenvalue weighted by Crippen LogP contribution is -2.00. The first-order valence-electron chi connectivity index (χ1n) is 9.45. The maximum Gasteiger partial charge on any atom is 0.119 e. The van der Waals surface area contributed by atoms with Crippen molar-refractivity contribution in [1.29, 1.82) is 0 Å². The van der Waals surface area contributed by atoms with Crippen molar-refractivity contribution in [2.75, 3.05) is 24.5 Å². The van der Waals surface area contributed by atoms with Gasteiger partial charge in [-0.15, -0.1) is 11.6 Å². The lowest BCUT2D eigenvalue weighted by molar-refractivity contribution is 0.344. The average Bonchev–Trinajstić information content (AvgIpc) is 2.76. The fourth-order valence-corrected chi connectivity index (χ4v) is 3.67. The third-order valence-electron chi connectivity index (χ3n) is 4.53. The second-order valence-corrected chi connectivity index (χ2v) is 7.75. The predicted octanol–water partition coefficient (Wildman–Crippen LogP) is 7.02. The third kappa shape index (κ3) is 5.43. The Hall–Kier alpha value is -2.16. The standard InChI is InChI=1S/C25H25ClOS/c1-28-19-18-27-23-14-12-22(13-15-23)25(21-10-6-3-7-11-21)24(16-17-26)20-8-4-2-5-9-20/h2-15H,16-19H2,1H3. The van der Waals surface area contributed by atoms with Gasteiger partial charge in [0.25, 0.3) is 0 Å². The summed E-state index contributed by atoms with van der Waals surface area (Å²) in [5.74, 6) is 2.48. The molecule has 1 nitrogen and oxygen atoms in total. The first-order chi connectivity index (χ1) is 13.8. The molecule has 0 aromatic heterocycles. The zero-order chi connectivity index (χ0) is 19.6. The predicted molar refractivity (Wildman–Crippen MR) is 124 cm³/mol. The van der Waals surface area contributed by atoms with Gasteiger partial charge in [0.2, 0.25) is 0 Å². The molecular weight excluding hydrogens is 384 g/mol. The summed E-state index contributed by atoms with van der Waals surface area (Å²) in [6.07, 6.45) is 2.90. The van der Waals surface area contributed by atoms with E-state index in [0.29, 0.717) is 5.88 Å². The molecule has 0 bridgehead atoms. The third-order valence-corrected chi connectivity index (χ3v) is 5.29. The van der Waals surface area contributed by atoms with E-state index in [4.69, 9.17) is 16.3 Å². The van der Waals surface area contributed by atoms with Crippen molar-refractivity contribution >= 4 is 34.5 Å². The van der Waals surface area contributed by atoms with Gasteiger partial charge in [0.1, 0.15) is 5.75 Å². The van der Waals surface area contributed by atoms with Crippen LogP contribution >= 0.6 is 23.4 Å². The van der Waals surface area contributed by atoms with E-state index in [-0.39, 0.29) is 0 Å². The monoisotopic (exact) mass is 408 g/mol. The summed E-state index contributed by atoms with van der Waals surface area (Å²) >= 11 is 7.99. The van der Waals surface area contributed by atoms with Crippen molar-refractivity contribution in [3.63, 3.8) is 0 Å². The maximum atomic E-state index is 6.21. The molecule has 0 spiro atoms. The van der Waals surface area contributed by atoms with E-state index >= 15 is 0 Å². The molecule has 144 valence electrons. The van der Waals surface area contributed by atoms with E-state index in [0.717, 1.165) is 24.5 Å². The second kappa shape index (κ2) is 11.0. The van der Waals surface area contributed by atoms with E-state index in [1.807, 2.05) is 12.1 Å². The van der Waals surface area contributed by atoms with Gasteiger partial charge in [0, 0.05) is 11.6 Å². The summed E-state index contributed by atoms with van der Waals surface area (Å²) in [4.78, 5) is 0. The first-order valence-corrected chi connectivity index (χ1v) is 11.4. The highest BCUT2D eigenvalue weighted by atomic mass is 35.5. The van der Waals surface area contributed by atoms with Gasteiger partial charge in [0.05, 0.1) is 6.61 Å². The van der Waals surface area contributed by atoms with Crippen LogP contribution < -0.4 is 4.74 Å². The quantitative estimate of drug-likeness (QED) is 0.214. The van der Waals surface area contributed by atoms with Crippen molar-refractivity contribution < 1.29 is 4.74 Å². The van der Waals surface area contributed by atoms with E-state index in [2.05, 4.69) is 79.1 Å². The number of benzene rings is 3. The molecule has 0 aliphatic rings. The summed E-state index contributed by atoms with van der Waals surface area (Å²) in [6.45, 7) is 0.726. The smallest absolute Gasteiger partial charge is 0.119 e. The van der Waals surface area contributed by atoms with Gasteiger partial charge in [-0.1, -0.05) is 72.8 Å². The highest BCUT2D eigenvalue weighted by Crippen LogP contribution is 2.35. The summed E-state index contributed by atoms with van der Waals surface area (Å²) in [7, 11) is 0. The van der Waals surface area contributed by atoms with E-state index in [9.17, 15) is 0 Å². The van der Waals surface area contributed by atoms with E-state index in [1.165, 1.54) is 27.8 Å². The molecule has 0 radical (unpaired) electrons. The van der Waals surface area contributed by atoms with Gasteiger partial charge in [0.15, 0.2) is 0 Å². The molecule has 0 heterocycles. The Kier molecular flexibility index (Phi) is 8.07. The molecule has 28 heavy (non-hydrogen) atoms. The largest absolute Gasteiger partial charge is 0.493 e. The van der Waals surface area contributed by atoms with Crippen molar-refractivity contribution in [3.8, 4) is 5.75 Å². The maximum absolute atomic E-state index is 6.21. The van der Waals surface area contributed by atoms with E-state index in [1.54, 1.807) is 11.8 Å². The Balaban J connectivity index is 2.07. The molecule has 3 aromatic carbocycles. The molecule has 3 heteroatoms. The number of hydrogen-bond acceptors (Lipinski definition) is 2. The molecule has 0 unspecified atom stereocenters. The van der Waals surface area contributed by atoms with Crippen LogP contribution in [-0.2, 0) is 0 Å². The van der Waals surface area contributed by atoms with Gasteiger partial charge >= 0.3 is 0 Å². The van der Waals surface area contributed by atoms with Crippen molar-refractivity contribution in [2.45, 2.75) is 6.42 Å². The zero-order valence-corrected chi connectivity index (χ0v) is 17.7. The van der Waals surface area contributed by atoms with Crippen LogP contribution in [0.15, 0.2) is 84.9 Å². The van der Waals surface area contributed by atoms with Crippen LogP contribution in [0.1, 0.15) is 23.1 Å². The molecule has 0 atom stereocenters. The van der Waals surface area contributed by atoms with Crippen molar-refractivity contribution in [2.24, 2.45) is 0 Å². The zero-order valence-electron chi connectivity index (χ0n) is 16.1. The SMILES string of the molecule is CSCCOc1ccc(C(=C(CCCl)c2ccccc2)c2ccccc2)cc1. The summed E-state index contributed by atoms with van der Waals surface area (Å²) in [6, 6.07) is 29.5. The normalized spacial score (nSPS) is 11.8. The Bertz CT molecular complexity index is 873. The number of thioether (sulfide) groups is 1. The lowest BCUT2D eigenvalue weighted by atomic mass is 9.88. The fourth-order valence-electron chi connectivity index (χ4n) is 3.23. The fraction of sp³-hybridized carbons (Fsp3) is 0.200. The van der Waals surface area contributed by atoms with Crippen LogP contribution in [0.2, 0.25) is 0 Å². The minimum absolute atomic E-state index is 0.580. The molecule has 0 saturated carbocycles. The summed E-state index contributed by atoms with van der Waals surface area (Å²) in [5, 5.41) is 0. The highest BCUT2D eigenvalue weighted by molar-refractivity contribution is 7.98. The van der Waals surface area contributed by atoms with Gasteiger partial charge in [-0.2, -0.15) is 11.8 Å². The van der Waals surface area contributed by atoms with Crippen LogP contribution in [0.25, 0.3) is 11.1 Å². The van der Waals surface area contributed by atoms with Gasteiger partial charge < -0.3 is 4.74 Å². The lowest BCUT2D eigenvalue weighted by Gasteiger charge is -2.17. The summed E-state index contributed by atoms with van der Waals surface area (Å²) < 4.78 is 5.82. The van der Waals surface area contributed by atoms with Crippen LogP contribution in [0, 0.1) is 0 Å². The number of allylic oxidation sites excluding steroid dienone is 1. The number of halogens is 1. The van der Waals surface area contributed by atoms with Crippen LogP contribution in [0.3, 0.4) is 0 Å². The van der Waals surface area contributed by atoms with E-state index < -0.39 is 0 Å². The molecule has 0 aliphatic heterocycles. The molecule has 0 saturated heterocycles. The molecular formula is C25H25ClOS. The topological polar surface area (TPSA) is 9.23 Å². The van der Waals surface area contributed by atoms with Gasteiger partial charge in [-0.25, -0.2) is 0 Å². The van der Waals surface area contributed by atoms with Crippen molar-refractivity contribution in [1.82, 2.24) is 0 Å². The number of alkyl halides is 1. The van der Waals surface area contributed by atoms with Crippen LogP contribution in [-0.4, -0.2) is 24.5 Å². The number of ether oxygens (including phenoxy) is 1. The molecule has 0 fully saturated rings. The first kappa shape index (κ1) is 20.6. The molecule has 0 aliphatic carbocycles. The Labute approximate surface area is 177 Å². The molecule has 3 aromatic rings. The Morgan fingerprint density at radius 1 is 0.786 bits per heavy atom. The minimum atomic E-state index is 0.580. The minimum Gasteiger partial charge on any atom is -0.493 e. The van der Waals surface area contributed by atoms with Crippen LogP contribution in [0.5, 0.6) is 5.75 Å². The van der Waals surface area contributed by atoms with Gasteiger partial charge in [-0.3, -0.25) is 0 Å². The molecule has 0 amide bonds. The Morgan fingerprint density at radius 2 is 1.36 bits per heavy atom. The average molecular weight is 409 g/mol. The number of rotatable bonds is 9. The van der Waals surface area contributed by atoms with Crippen molar-refractivity contribution in [3.05, 3.63) is 102 Å². The second-order valence-electron chi connectivity index (χ2n) is 6.39. The Morgan fingerprint density at radius 3 is 1.93 bits per heavy atom. The highest BCUT2D eigenvalue weighted by Gasteiger charge is 2.14.